The Bertz CT molecular complexity index is 758. The Balaban J connectivity index is 1.91. The number of ether oxygens (including phenoxy) is 1. The maximum Gasteiger partial charge on any atom is 0.270 e. The van der Waals surface area contributed by atoms with Gasteiger partial charge in [0.25, 0.3) is 5.91 Å². The predicted molar refractivity (Wildman–Crippen MR) is 91.9 cm³/mol. The van der Waals surface area contributed by atoms with Crippen molar-refractivity contribution in [1.82, 2.24) is 15.3 Å². The van der Waals surface area contributed by atoms with Gasteiger partial charge >= 0.3 is 0 Å². The van der Waals surface area contributed by atoms with Crippen molar-refractivity contribution >= 4 is 11.9 Å². The van der Waals surface area contributed by atoms with Crippen LogP contribution in [0.25, 0.3) is 0 Å². The highest BCUT2D eigenvalue weighted by Gasteiger charge is 2.36. The third-order valence-corrected chi connectivity index (χ3v) is 4.41. The number of benzene rings is 1. The summed E-state index contributed by atoms with van der Waals surface area (Å²) in [6.07, 6.45) is 1.24. The summed E-state index contributed by atoms with van der Waals surface area (Å²) in [5.74, 6) is -0.191. The molecule has 0 saturated carbocycles. The van der Waals surface area contributed by atoms with Crippen molar-refractivity contribution < 1.29 is 13.9 Å². The molecule has 7 heteroatoms. The van der Waals surface area contributed by atoms with E-state index >= 15 is 0 Å². The van der Waals surface area contributed by atoms with Crippen LogP contribution in [0.2, 0.25) is 0 Å². The summed E-state index contributed by atoms with van der Waals surface area (Å²) in [5, 5.41) is 5.95. The Hall–Kier alpha value is -2.54. The maximum atomic E-state index is 13.3. The van der Waals surface area contributed by atoms with Crippen LogP contribution in [0.5, 0.6) is 0 Å². The molecule has 25 heavy (non-hydrogen) atoms. The molecule has 0 radical (unpaired) electrons. The Morgan fingerprint density at radius 3 is 2.52 bits per heavy atom. The van der Waals surface area contributed by atoms with Gasteiger partial charge in [0.15, 0.2) is 0 Å². The first-order valence-corrected chi connectivity index (χ1v) is 8.22. The average Bonchev–Trinajstić information content (AvgIpc) is 2.62. The van der Waals surface area contributed by atoms with Crippen molar-refractivity contribution in [2.45, 2.75) is 25.3 Å². The second-order valence-electron chi connectivity index (χ2n) is 6.12. The summed E-state index contributed by atoms with van der Waals surface area (Å²) < 4.78 is 18.7. The monoisotopic (exact) mass is 344 g/mol. The molecule has 3 rings (SSSR count). The van der Waals surface area contributed by atoms with Crippen LogP contribution in [-0.4, -0.2) is 36.1 Å². The van der Waals surface area contributed by atoms with E-state index in [2.05, 4.69) is 20.6 Å². The predicted octanol–water partition coefficient (Wildman–Crippen LogP) is 2.40. The minimum absolute atomic E-state index is 0.284. The van der Waals surface area contributed by atoms with Crippen molar-refractivity contribution in [2.75, 3.05) is 25.6 Å². The molecule has 1 aliphatic heterocycles. The van der Waals surface area contributed by atoms with Gasteiger partial charge in [0.2, 0.25) is 5.95 Å². The number of hydrogen-bond donors (Lipinski definition) is 2. The molecular formula is C18H21FN4O2. The zero-order valence-electron chi connectivity index (χ0n) is 14.3. The van der Waals surface area contributed by atoms with Crippen molar-refractivity contribution in [3.8, 4) is 0 Å². The highest BCUT2D eigenvalue weighted by atomic mass is 19.1. The van der Waals surface area contributed by atoms with E-state index in [1.54, 1.807) is 25.2 Å². The SMILES string of the molecule is CNc1nc(C)cc(C(=O)NC2(c3ccc(F)cc3)CCOCC2)n1. The third kappa shape index (κ3) is 3.76. The lowest BCUT2D eigenvalue weighted by atomic mass is 9.82. The molecule has 0 aliphatic carbocycles. The number of rotatable bonds is 4. The number of aromatic nitrogens is 2. The number of nitrogens with zero attached hydrogens (tertiary/aromatic N) is 2. The minimum atomic E-state index is -0.596. The second kappa shape index (κ2) is 7.14. The summed E-state index contributed by atoms with van der Waals surface area (Å²) in [5.41, 5.74) is 1.27. The molecule has 0 spiro atoms. The molecule has 1 amide bonds. The highest BCUT2D eigenvalue weighted by Crippen LogP contribution is 2.32. The van der Waals surface area contributed by atoms with Crippen LogP contribution in [0.3, 0.4) is 0 Å². The Morgan fingerprint density at radius 2 is 1.88 bits per heavy atom. The number of hydrogen-bond acceptors (Lipinski definition) is 5. The molecule has 6 nitrogen and oxygen atoms in total. The van der Waals surface area contributed by atoms with Crippen LogP contribution in [0, 0.1) is 12.7 Å². The van der Waals surface area contributed by atoms with E-state index in [-0.39, 0.29) is 11.7 Å². The molecule has 2 N–H and O–H groups in total. The van der Waals surface area contributed by atoms with E-state index in [4.69, 9.17) is 4.74 Å². The van der Waals surface area contributed by atoms with E-state index in [9.17, 15) is 9.18 Å². The van der Waals surface area contributed by atoms with Crippen molar-refractivity contribution in [3.05, 3.63) is 53.1 Å². The molecule has 1 aliphatic rings. The summed E-state index contributed by atoms with van der Waals surface area (Å²) >= 11 is 0. The molecule has 1 saturated heterocycles. The number of amides is 1. The molecule has 2 heterocycles. The van der Waals surface area contributed by atoms with Gasteiger partial charge in [-0.15, -0.1) is 0 Å². The van der Waals surface area contributed by atoms with Gasteiger partial charge in [-0.1, -0.05) is 12.1 Å². The second-order valence-corrected chi connectivity index (χ2v) is 6.12. The molecule has 0 atom stereocenters. The van der Waals surface area contributed by atoms with Crippen LogP contribution >= 0.6 is 0 Å². The van der Waals surface area contributed by atoms with Gasteiger partial charge in [0.1, 0.15) is 11.5 Å². The minimum Gasteiger partial charge on any atom is -0.381 e. The molecule has 132 valence electrons. The van der Waals surface area contributed by atoms with E-state index in [1.165, 1.54) is 12.1 Å². The number of carbonyl (C=O) groups excluding carboxylic acids is 1. The lowest BCUT2D eigenvalue weighted by Gasteiger charge is -2.38. The largest absolute Gasteiger partial charge is 0.381 e. The summed E-state index contributed by atoms with van der Waals surface area (Å²) in [7, 11) is 1.70. The molecule has 0 bridgehead atoms. The van der Waals surface area contributed by atoms with E-state index in [1.807, 2.05) is 6.92 Å². The molecule has 1 fully saturated rings. The van der Waals surface area contributed by atoms with Gasteiger partial charge in [-0.25, -0.2) is 14.4 Å². The van der Waals surface area contributed by atoms with E-state index in [0.29, 0.717) is 43.4 Å². The van der Waals surface area contributed by atoms with Gasteiger partial charge < -0.3 is 15.4 Å². The fourth-order valence-electron chi connectivity index (χ4n) is 3.05. The molecule has 0 unspecified atom stereocenters. The molecule has 1 aromatic carbocycles. The first kappa shape index (κ1) is 17.3. The van der Waals surface area contributed by atoms with Crippen molar-refractivity contribution in [3.63, 3.8) is 0 Å². The standard InChI is InChI=1S/C18H21FN4O2/c1-12-11-15(22-17(20-2)21-12)16(24)23-18(7-9-25-10-8-18)13-3-5-14(19)6-4-13/h3-6,11H,7-10H2,1-2H3,(H,23,24)(H,20,21,22). The van der Waals surface area contributed by atoms with E-state index < -0.39 is 5.54 Å². The number of aryl methyl sites for hydroxylation is 1. The molecule has 2 aromatic rings. The lowest BCUT2D eigenvalue weighted by Crippen LogP contribution is -2.49. The van der Waals surface area contributed by atoms with Gasteiger partial charge in [0.05, 0.1) is 5.54 Å². The fourth-order valence-corrected chi connectivity index (χ4v) is 3.05. The van der Waals surface area contributed by atoms with Gasteiger partial charge in [-0.3, -0.25) is 4.79 Å². The van der Waals surface area contributed by atoms with Crippen molar-refractivity contribution in [2.24, 2.45) is 0 Å². The fraction of sp³-hybridized carbons (Fsp3) is 0.389. The lowest BCUT2D eigenvalue weighted by molar-refractivity contribution is 0.0344. The normalized spacial score (nSPS) is 16.3. The van der Waals surface area contributed by atoms with Crippen molar-refractivity contribution in [1.29, 1.82) is 0 Å². The Kier molecular flexibility index (Phi) is 4.94. The average molecular weight is 344 g/mol. The quantitative estimate of drug-likeness (QED) is 0.891. The zero-order valence-corrected chi connectivity index (χ0v) is 14.3. The third-order valence-electron chi connectivity index (χ3n) is 4.41. The summed E-state index contributed by atoms with van der Waals surface area (Å²) in [6.45, 7) is 2.87. The van der Waals surface area contributed by atoms with E-state index in [0.717, 1.165) is 5.56 Å². The number of carbonyl (C=O) groups is 1. The zero-order chi connectivity index (χ0) is 17.9. The smallest absolute Gasteiger partial charge is 0.270 e. The van der Waals surface area contributed by atoms with Crippen LogP contribution < -0.4 is 10.6 Å². The summed E-state index contributed by atoms with van der Waals surface area (Å²) in [4.78, 5) is 21.3. The van der Waals surface area contributed by atoms with Crippen LogP contribution in [0.15, 0.2) is 30.3 Å². The topological polar surface area (TPSA) is 76.1 Å². The number of nitrogens with one attached hydrogen (secondary N) is 2. The molecule has 1 aromatic heterocycles. The van der Waals surface area contributed by atoms with Crippen LogP contribution in [0.1, 0.15) is 34.6 Å². The Morgan fingerprint density at radius 1 is 1.20 bits per heavy atom. The Labute approximate surface area is 145 Å². The highest BCUT2D eigenvalue weighted by molar-refractivity contribution is 5.93. The van der Waals surface area contributed by atoms with Gasteiger partial charge in [-0.2, -0.15) is 0 Å². The van der Waals surface area contributed by atoms with Gasteiger partial charge in [-0.05, 0) is 43.5 Å². The maximum absolute atomic E-state index is 13.3. The number of halogens is 1. The van der Waals surface area contributed by atoms with Gasteiger partial charge in [0, 0.05) is 26.0 Å². The first-order valence-electron chi connectivity index (χ1n) is 8.22. The summed E-state index contributed by atoms with van der Waals surface area (Å²) in [6, 6.07) is 7.89. The molecular weight excluding hydrogens is 323 g/mol. The first-order chi connectivity index (χ1) is 12.0. The van der Waals surface area contributed by atoms with Crippen LogP contribution in [0.4, 0.5) is 10.3 Å². The van der Waals surface area contributed by atoms with Crippen LogP contribution in [-0.2, 0) is 10.3 Å². The number of anilines is 1.